The second-order valence-electron chi connectivity index (χ2n) is 7.99. The molecular formula is C26H22N4O2S. The summed E-state index contributed by atoms with van der Waals surface area (Å²) in [6.07, 6.45) is 3.77. The largest absolute Gasteiger partial charge is 0.478 e. The Labute approximate surface area is 197 Å². The highest BCUT2D eigenvalue weighted by molar-refractivity contribution is 7.80. The van der Waals surface area contributed by atoms with E-state index in [-0.39, 0.29) is 17.6 Å². The van der Waals surface area contributed by atoms with Gasteiger partial charge in [0.25, 0.3) is 0 Å². The number of pyridine rings is 1. The molecule has 0 radical (unpaired) electrons. The number of benzene rings is 2. The zero-order valence-electron chi connectivity index (χ0n) is 17.9. The minimum Gasteiger partial charge on any atom is -0.478 e. The summed E-state index contributed by atoms with van der Waals surface area (Å²) in [5, 5.41) is 13.4. The molecule has 1 saturated heterocycles. The first-order valence-electron chi connectivity index (χ1n) is 10.6. The molecule has 1 fully saturated rings. The Morgan fingerprint density at radius 3 is 2.52 bits per heavy atom. The first-order chi connectivity index (χ1) is 16.0. The van der Waals surface area contributed by atoms with Gasteiger partial charge in [-0.2, -0.15) is 0 Å². The summed E-state index contributed by atoms with van der Waals surface area (Å²) in [6, 6.07) is 24.8. The van der Waals surface area contributed by atoms with E-state index < -0.39 is 5.97 Å². The first-order valence-corrected chi connectivity index (χ1v) is 11.0. The Morgan fingerprint density at radius 1 is 1.00 bits per heavy atom. The van der Waals surface area contributed by atoms with Gasteiger partial charge in [0.1, 0.15) is 6.04 Å². The minimum absolute atomic E-state index is 0.161. The summed E-state index contributed by atoms with van der Waals surface area (Å²) >= 11 is 5.81. The van der Waals surface area contributed by atoms with E-state index in [0.717, 1.165) is 28.3 Å². The van der Waals surface area contributed by atoms with Crippen molar-refractivity contribution in [1.82, 2.24) is 14.9 Å². The molecule has 0 unspecified atom stereocenters. The third-order valence-corrected chi connectivity index (χ3v) is 6.17. The number of carboxylic acids is 1. The van der Waals surface area contributed by atoms with Crippen LogP contribution in [0.25, 0.3) is 5.69 Å². The molecule has 3 heterocycles. The van der Waals surface area contributed by atoms with Gasteiger partial charge in [-0.1, -0.05) is 18.2 Å². The third kappa shape index (κ3) is 3.87. The quantitative estimate of drug-likeness (QED) is 0.411. The number of aromatic carboxylic acids is 1. The Hall–Kier alpha value is -3.97. The van der Waals surface area contributed by atoms with Crippen molar-refractivity contribution in [3.63, 3.8) is 0 Å². The van der Waals surface area contributed by atoms with Crippen LogP contribution in [0.5, 0.6) is 0 Å². The van der Waals surface area contributed by atoms with Crippen LogP contribution >= 0.6 is 12.2 Å². The molecule has 2 atom stereocenters. The van der Waals surface area contributed by atoms with Crippen LogP contribution in [-0.2, 0) is 0 Å². The molecule has 2 N–H and O–H groups in total. The van der Waals surface area contributed by atoms with Crippen molar-refractivity contribution in [1.29, 1.82) is 0 Å². The topological polar surface area (TPSA) is 70.4 Å². The Bertz CT molecular complexity index is 1320. The summed E-state index contributed by atoms with van der Waals surface area (Å²) < 4.78 is 2.07. The number of hydrogen-bond donors (Lipinski definition) is 2. The van der Waals surface area contributed by atoms with Crippen LogP contribution in [-0.4, -0.2) is 25.7 Å². The smallest absolute Gasteiger partial charge is 0.335 e. The Balaban J connectivity index is 1.64. The van der Waals surface area contributed by atoms with Gasteiger partial charge in [0, 0.05) is 29.5 Å². The zero-order valence-corrected chi connectivity index (χ0v) is 18.7. The van der Waals surface area contributed by atoms with Gasteiger partial charge in [-0.05, 0) is 85.4 Å². The lowest BCUT2D eigenvalue weighted by Crippen LogP contribution is -2.30. The lowest BCUT2D eigenvalue weighted by atomic mass is 10.0. The van der Waals surface area contributed by atoms with Crippen molar-refractivity contribution >= 4 is 29.0 Å². The van der Waals surface area contributed by atoms with Gasteiger partial charge in [-0.3, -0.25) is 4.98 Å². The number of carboxylic acid groups (broad SMARTS) is 1. The lowest BCUT2D eigenvalue weighted by Gasteiger charge is -2.29. The number of aromatic nitrogens is 2. The van der Waals surface area contributed by atoms with Crippen molar-refractivity contribution in [2.24, 2.45) is 0 Å². The lowest BCUT2D eigenvalue weighted by molar-refractivity contribution is 0.0697. The Kier molecular flexibility index (Phi) is 5.40. The number of nitrogens with zero attached hydrogens (tertiary/aromatic N) is 3. The molecule has 0 aliphatic carbocycles. The molecule has 0 saturated carbocycles. The maximum Gasteiger partial charge on any atom is 0.335 e. The number of hydrogen-bond acceptors (Lipinski definition) is 3. The summed E-state index contributed by atoms with van der Waals surface area (Å²) in [7, 11) is 0. The highest BCUT2D eigenvalue weighted by atomic mass is 32.1. The van der Waals surface area contributed by atoms with Crippen LogP contribution in [0.2, 0.25) is 0 Å². The van der Waals surface area contributed by atoms with Crippen LogP contribution < -0.4 is 10.2 Å². The van der Waals surface area contributed by atoms with E-state index in [1.165, 1.54) is 0 Å². The van der Waals surface area contributed by atoms with Crippen molar-refractivity contribution in [3.05, 3.63) is 114 Å². The molecule has 0 spiro atoms. The van der Waals surface area contributed by atoms with Crippen LogP contribution in [0.15, 0.2) is 91.3 Å². The highest BCUT2D eigenvalue weighted by Crippen LogP contribution is 2.42. The summed E-state index contributed by atoms with van der Waals surface area (Å²) in [6.45, 7) is 2.06. The molecule has 1 aliphatic rings. The van der Waals surface area contributed by atoms with Crippen LogP contribution in [0.3, 0.4) is 0 Å². The minimum atomic E-state index is -0.944. The molecule has 4 aromatic rings. The van der Waals surface area contributed by atoms with Gasteiger partial charge in [-0.25, -0.2) is 4.79 Å². The second kappa shape index (κ2) is 8.52. The van der Waals surface area contributed by atoms with E-state index in [0.29, 0.717) is 5.11 Å². The van der Waals surface area contributed by atoms with Crippen LogP contribution in [0, 0.1) is 6.92 Å². The maximum atomic E-state index is 11.3. The molecular weight excluding hydrogens is 432 g/mol. The molecule has 2 aromatic carbocycles. The predicted octanol–water partition coefficient (Wildman–Crippen LogP) is 5.06. The molecule has 33 heavy (non-hydrogen) atoms. The van der Waals surface area contributed by atoms with E-state index in [4.69, 9.17) is 12.2 Å². The van der Waals surface area contributed by atoms with Crippen molar-refractivity contribution in [2.45, 2.75) is 19.0 Å². The van der Waals surface area contributed by atoms with Gasteiger partial charge in [0.2, 0.25) is 0 Å². The normalized spacial score (nSPS) is 17.7. The molecule has 7 heteroatoms. The zero-order chi connectivity index (χ0) is 22.9. The second-order valence-corrected chi connectivity index (χ2v) is 8.38. The molecule has 0 bridgehead atoms. The van der Waals surface area contributed by atoms with Crippen molar-refractivity contribution in [2.75, 3.05) is 4.90 Å². The highest BCUT2D eigenvalue weighted by Gasteiger charge is 2.42. The fourth-order valence-electron chi connectivity index (χ4n) is 4.35. The molecule has 2 aromatic heterocycles. The number of nitrogens with one attached hydrogen (secondary N) is 1. The first kappa shape index (κ1) is 20.9. The third-order valence-electron chi connectivity index (χ3n) is 5.85. The molecule has 164 valence electrons. The van der Waals surface area contributed by atoms with Gasteiger partial charge in [-0.15, -0.1) is 0 Å². The average molecular weight is 455 g/mol. The maximum absolute atomic E-state index is 11.3. The number of aryl methyl sites for hydroxylation is 1. The Morgan fingerprint density at radius 2 is 1.82 bits per heavy atom. The number of thiocarbonyl (C=S) groups is 1. The standard InChI is InChI=1S/C26H22N4O2S/c1-17-6-4-7-20(16-17)30-24(23(28-26(30)33)21-8-2-3-14-27-21)22-9-5-15-29(22)19-12-10-18(11-13-19)25(31)32/h2-16,23-24H,1H3,(H,28,33)(H,31,32)/t23-,24+/m0/s1. The molecule has 0 amide bonds. The predicted molar refractivity (Wildman–Crippen MR) is 132 cm³/mol. The average Bonchev–Trinajstić information content (AvgIpc) is 3.44. The molecule has 1 aliphatic heterocycles. The SMILES string of the molecule is Cc1cccc(N2C(=S)N[C@@H](c3ccccn3)[C@H]2c2cccn2-c2ccc(C(=O)O)cc2)c1. The van der Waals surface area contributed by atoms with E-state index >= 15 is 0 Å². The van der Waals surface area contributed by atoms with Crippen LogP contribution in [0.4, 0.5) is 5.69 Å². The van der Waals surface area contributed by atoms with Gasteiger partial charge >= 0.3 is 5.97 Å². The van der Waals surface area contributed by atoms with Gasteiger partial charge in [0.05, 0.1) is 17.3 Å². The summed E-state index contributed by atoms with van der Waals surface area (Å²) in [5.74, 6) is -0.944. The van der Waals surface area contributed by atoms with E-state index in [1.807, 2.05) is 48.7 Å². The van der Waals surface area contributed by atoms with E-state index in [2.05, 4.69) is 51.0 Å². The van der Waals surface area contributed by atoms with Gasteiger partial charge < -0.3 is 19.9 Å². The van der Waals surface area contributed by atoms with E-state index in [1.54, 1.807) is 18.3 Å². The van der Waals surface area contributed by atoms with Crippen molar-refractivity contribution < 1.29 is 9.90 Å². The van der Waals surface area contributed by atoms with E-state index in [9.17, 15) is 9.90 Å². The summed E-state index contributed by atoms with van der Waals surface area (Å²) in [4.78, 5) is 18.0. The number of rotatable bonds is 5. The fourth-order valence-corrected chi connectivity index (χ4v) is 4.69. The van der Waals surface area contributed by atoms with Gasteiger partial charge in [0.15, 0.2) is 5.11 Å². The summed E-state index contributed by atoms with van der Waals surface area (Å²) in [5.41, 5.74) is 5.20. The molecule has 5 rings (SSSR count). The number of carbonyl (C=O) groups is 1. The van der Waals surface area contributed by atoms with Crippen molar-refractivity contribution in [3.8, 4) is 5.69 Å². The monoisotopic (exact) mass is 454 g/mol. The fraction of sp³-hybridized carbons (Fsp3) is 0.115. The van der Waals surface area contributed by atoms with Crippen LogP contribution in [0.1, 0.15) is 39.4 Å². The molecule has 6 nitrogen and oxygen atoms in total. The number of anilines is 1.